The number of methoxy groups -OCH3 is 1. The van der Waals surface area contributed by atoms with E-state index in [4.69, 9.17) is 4.74 Å². The number of hydrogen-bond donors (Lipinski definition) is 2. The SMILES string of the molecule is CNC(C)(C)c1ncc(-c2cc(F)ccc2OC)[nH]1. The standard InChI is InChI=1S/C14H18FN3O/c1-14(2,16-3)13-17-8-11(18-13)10-7-9(15)5-6-12(10)19-4/h5-8,16H,1-4H3,(H,17,18). The number of hydrogen-bond acceptors (Lipinski definition) is 3. The summed E-state index contributed by atoms with van der Waals surface area (Å²) in [6.07, 6.45) is 1.69. The van der Waals surface area contributed by atoms with E-state index >= 15 is 0 Å². The van der Waals surface area contributed by atoms with Crippen molar-refractivity contribution in [1.29, 1.82) is 0 Å². The maximum absolute atomic E-state index is 13.4. The molecule has 2 rings (SSSR count). The summed E-state index contributed by atoms with van der Waals surface area (Å²) in [5.74, 6) is 1.09. The van der Waals surface area contributed by atoms with Crippen LogP contribution >= 0.6 is 0 Å². The maximum Gasteiger partial charge on any atom is 0.128 e. The first-order valence-electron chi connectivity index (χ1n) is 6.06. The molecule has 0 spiro atoms. The van der Waals surface area contributed by atoms with Gasteiger partial charge in [-0.1, -0.05) is 0 Å². The molecule has 0 saturated heterocycles. The van der Waals surface area contributed by atoms with Crippen LogP contribution in [0, 0.1) is 5.82 Å². The fourth-order valence-corrected chi connectivity index (χ4v) is 1.78. The van der Waals surface area contributed by atoms with E-state index in [-0.39, 0.29) is 11.4 Å². The summed E-state index contributed by atoms with van der Waals surface area (Å²) < 4.78 is 18.6. The van der Waals surface area contributed by atoms with Gasteiger partial charge in [-0.2, -0.15) is 0 Å². The molecule has 0 fully saturated rings. The van der Waals surface area contributed by atoms with Gasteiger partial charge in [-0.05, 0) is 39.1 Å². The van der Waals surface area contributed by atoms with Gasteiger partial charge in [0.2, 0.25) is 0 Å². The molecule has 1 heterocycles. The molecule has 2 aromatic rings. The van der Waals surface area contributed by atoms with Crippen molar-refractivity contribution < 1.29 is 9.13 Å². The first-order chi connectivity index (χ1) is 8.97. The van der Waals surface area contributed by atoms with E-state index in [0.717, 1.165) is 11.5 Å². The number of benzene rings is 1. The lowest BCUT2D eigenvalue weighted by Gasteiger charge is -2.20. The topological polar surface area (TPSA) is 49.9 Å². The van der Waals surface area contributed by atoms with Crippen LogP contribution in [-0.2, 0) is 5.54 Å². The van der Waals surface area contributed by atoms with Crippen molar-refractivity contribution in [3.05, 3.63) is 36.0 Å². The van der Waals surface area contributed by atoms with Crippen molar-refractivity contribution in [3.8, 4) is 17.0 Å². The van der Waals surface area contributed by atoms with Crippen LogP contribution in [0.25, 0.3) is 11.3 Å². The van der Waals surface area contributed by atoms with E-state index in [1.165, 1.54) is 12.1 Å². The van der Waals surface area contributed by atoms with E-state index in [2.05, 4.69) is 15.3 Å². The van der Waals surface area contributed by atoms with Crippen LogP contribution in [0.4, 0.5) is 4.39 Å². The molecule has 0 atom stereocenters. The summed E-state index contributed by atoms with van der Waals surface area (Å²) in [6, 6.07) is 4.41. The average Bonchev–Trinajstić information content (AvgIpc) is 2.89. The van der Waals surface area contributed by atoms with Crippen LogP contribution in [0.15, 0.2) is 24.4 Å². The zero-order valence-electron chi connectivity index (χ0n) is 11.5. The van der Waals surface area contributed by atoms with Crippen molar-refractivity contribution in [1.82, 2.24) is 15.3 Å². The van der Waals surface area contributed by atoms with Crippen molar-refractivity contribution >= 4 is 0 Å². The van der Waals surface area contributed by atoms with Crippen molar-refractivity contribution in [3.63, 3.8) is 0 Å². The van der Waals surface area contributed by atoms with Crippen molar-refractivity contribution in [2.45, 2.75) is 19.4 Å². The molecule has 0 amide bonds. The number of H-pyrrole nitrogens is 1. The fourth-order valence-electron chi connectivity index (χ4n) is 1.78. The highest BCUT2D eigenvalue weighted by molar-refractivity contribution is 5.66. The third-order valence-corrected chi connectivity index (χ3v) is 3.24. The zero-order chi connectivity index (χ0) is 14.0. The lowest BCUT2D eigenvalue weighted by Crippen LogP contribution is -2.34. The molecule has 0 radical (unpaired) electrons. The van der Waals surface area contributed by atoms with E-state index in [0.29, 0.717) is 11.3 Å². The van der Waals surface area contributed by atoms with Gasteiger partial charge in [0, 0.05) is 5.56 Å². The molecule has 1 aromatic heterocycles. The van der Waals surface area contributed by atoms with Gasteiger partial charge in [0.25, 0.3) is 0 Å². The van der Waals surface area contributed by atoms with Gasteiger partial charge < -0.3 is 15.0 Å². The highest BCUT2D eigenvalue weighted by atomic mass is 19.1. The number of nitrogens with zero attached hydrogens (tertiary/aromatic N) is 1. The van der Waals surface area contributed by atoms with E-state index in [1.807, 2.05) is 20.9 Å². The summed E-state index contributed by atoms with van der Waals surface area (Å²) in [6.45, 7) is 4.02. The van der Waals surface area contributed by atoms with Gasteiger partial charge in [0.15, 0.2) is 0 Å². The largest absolute Gasteiger partial charge is 0.496 e. The lowest BCUT2D eigenvalue weighted by atomic mass is 10.1. The minimum atomic E-state index is -0.306. The number of aromatic nitrogens is 2. The minimum absolute atomic E-state index is 0.279. The number of imidazole rings is 1. The first-order valence-corrected chi connectivity index (χ1v) is 6.06. The Labute approximate surface area is 112 Å². The third-order valence-electron chi connectivity index (χ3n) is 3.24. The Kier molecular flexibility index (Phi) is 3.57. The van der Waals surface area contributed by atoms with Gasteiger partial charge in [-0.25, -0.2) is 9.37 Å². The molecular formula is C14H18FN3O. The van der Waals surface area contributed by atoms with E-state index in [1.54, 1.807) is 19.4 Å². The third kappa shape index (κ3) is 2.61. The molecule has 1 aromatic carbocycles. The molecule has 4 nitrogen and oxygen atoms in total. The molecule has 0 aliphatic heterocycles. The molecule has 5 heteroatoms. The molecule has 0 bridgehead atoms. The molecule has 2 N–H and O–H groups in total. The molecule has 0 aliphatic rings. The summed E-state index contributed by atoms with van der Waals surface area (Å²) in [7, 11) is 3.43. The van der Waals surface area contributed by atoms with E-state index in [9.17, 15) is 4.39 Å². The van der Waals surface area contributed by atoms with Gasteiger partial charge in [0.1, 0.15) is 17.4 Å². The summed E-state index contributed by atoms with van der Waals surface area (Å²) in [5, 5.41) is 3.16. The smallest absolute Gasteiger partial charge is 0.128 e. The van der Waals surface area contributed by atoms with E-state index < -0.39 is 0 Å². The van der Waals surface area contributed by atoms with Crippen LogP contribution in [-0.4, -0.2) is 24.1 Å². The van der Waals surface area contributed by atoms with Gasteiger partial charge in [0.05, 0.1) is 24.5 Å². The predicted octanol–water partition coefficient (Wildman–Crippen LogP) is 2.68. The molecule has 0 saturated carbocycles. The van der Waals surface area contributed by atoms with Crippen molar-refractivity contribution in [2.75, 3.05) is 14.2 Å². The molecule has 19 heavy (non-hydrogen) atoms. The number of aromatic amines is 1. The second kappa shape index (κ2) is 5.01. The number of rotatable bonds is 4. The first kappa shape index (κ1) is 13.5. The Hall–Kier alpha value is -1.88. The normalized spacial score (nSPS) is 11.6. The Morgan fingerprint density at radius 3 is 2.74 bits per heavy atom. The monoisotopic (exact) mass is 263 g/mol. The lowest BCUT2D eigenvalue weighted by molar-refractivity contribution is 0.414. The molecule has 0 aliphatic carbocycles. The van der Waals surface area contributed by atoms with Crippen LogP contribution in [0.5, 0.6) is 5.75 Å². The second-order valence-corrected chi connectivity index (χ2v) is 4.87. The quantitative estimate of drug-likeness (QED) is 0.891. The highest BCUT2D eigenvalue weighted by Crippen LogP contribution is 2.30. The summed E-state index contributed by atoms with van der Waals surface area (Å²) in [5.41, 5.74) is 1.11. The number of ether oxygens (including phenoxy) is 1. The van der Waals surface area contributed by atoms with Crippen LogP contribution < -0.4 is 10.1 Å². The Morgan fingerprint density at radius 1 is 1.37 bits per heavy atom. The highest BCUT2D eigenvalue weighted by Gasteiger charge is 2.22. The molecule has 0 unspecified atom stereocenters. The maximum atomic E-state index is 13.4. The van der Waals surface area contributed by atoms with Crippen molar-refractivity contribution in [2.24, 2.45) is 0 Å². The van der Waals surface area contributed by atoms with Gasteiger partial charge in [-0.3, -0.25) is 0 Å². The fraction of sp³-hybridized carbons (Fsp3) is 0.357. The van der Waals surface area contributed by atoms with Crippen LogP contribution in [0.1, 0.15) is 19.7 Å². The number of nitrogens with one attached hydrogen (secondary N) is 2. The summed E-state index contributed by atoms with van der Waals surface area (Å²) >= 11 is 0. The van der Waals surface area contributed by atoms with Gasteiger partial charge in [-0.15, -0.1) is 0 Å². The Bertz CT molecular complexity index is 578. The Morgan fingerprint density at radius 2 is 2.11 bits per heavy atom. The van der Waals surface area contributed by atoms with Gasteiger partial charge >= 0.3 is 0 Å². The predicted molar refractivity (Wildman–Crippen MR) is 72.6 cm³/mol. The Balaban J connectivity index is 2.46. The zero-order valence-corrected chi connectivity index (χ0v) is 11.5. The molecule has 102 valence electrons. The van der Waals surface area contributed by atoms with Crippen LogP contribution in [0.2, 0.25) is 0 Å². The molecular weight excluding hydrogens is 245 g/mol. The number of halogens is 1. The minimum Gasteiger partial charge on any atom is -0.496 e. The second-order valence-electron chi connectivity index (χ2n) is 4.87. The van der Waals surface area contributed by atoms with Crippen LogP contribution in [0.3, 0.4) is 0 Å². The summed E-state index contributed by atoms with van der Waals surface area (Å²) in [4.78, 5) is 7.55. The average molecular weight is 263 g/mol.